The average molecular weight is 245 g/mol. The first kappa shape index (κ1) is 12.2. The van der Waals surface area contributed by atoms with E-state index in [4.69, 9.17) is 4.74 Å². The molecule has 0 aliphatic carbocycles. The van der Waals surface area contributed by atoms with Crippen LogP contribution >= 0.6 is 0 Å². The van der Waals surface area contributed by atoms with Gasteiger partial charge in [-0.3, -0.25) is 4.57 Å². The maximum absolute atomic E-state index is 11.9. The van der Waals surface area contributed by atoms with Crippen LogP contribution in [-0.2, 0) is 0 Å². The number of imidazole rings is 1. The summed E-state index contributed by atoms with van der Waals surface area (Å²) in [6.45, 7) is 4.44. The average Bonchev–Trinajstić information content (AvgIpc) is 2.86. The number of carbonyl (C=O) groups is 1. The zero-order valence-corrected chi connectivity index (χ0v) is 10.4. The third-order valence-electron chi connectivity index (χ3n) is 2.42. The van der Waals surface area contributed by atoms with Crippen LogP contribution in [-0.4, -0.2) is 22.2 Å². The fraction of sp³-hybridized carbons (Fsp3) is 0.231. The number of rotatable bonds is 3. The van der Waals surface area contributed by atoms with E-state index in [1.807, 2.05) is 32.0 Å². The lowest BCUT2D eigenvalue weighted by Crippen LogP contribution is -2.18. The minimum Gasteiger partial charge on any atom is -0.492 e. The lowest BCUT2D eigenvalue weighted by atomic mass is 10.2. The van der Waals surface area contributed by atoms with Gasteiger partial charge in [0.05, 0.1) is 12.3 Å². The number of hydrogen-bond acceptors (Lipinski definition) is 3. The standard InChI is InChI=1S/C13H15N3O2/c1-3-18-12-8-10(2)4-5-11(12)15-13(17)16-7-6-14-9-16/h4-9H,3H2,1-2H3,(H,15,17). The van der Waals surface area contributed by atoms with E-state index in [2.05, 4.69) is 10.3 Å². The van der Waals surface area contributed by atoms with Crippen molar-refractivity contribution in [1.29, 1.82) is 0 Å². The minimum atomic E-state index is -0.266. The van der Waals surface area contributed by atoms with Crippen LogP contribution in [0.25, 0.3) is 0 Å². The number of ether oxygens (including phenoxy) is 1. The second-order valence-corrected chi connectivity index (χ2v) is 3.83. The molecule has 0 radical (unpaired) electrons. The third-order valence-corrected chi connectivity index (χ3v) is 2.42. The van der Waals surface area contributed by atoms with Crippen molar-refractivity contribution >= 4 is 11.7 Å². The number of aromatic nitrogens is 2. The van der Waals surface area contributed by atoms with E-state index in [0.29, 0.717) is 18.0 Å². The maximum Gasteiger partial charge on any atom is 0.331 e. The van der Waals surface area contributed by atoms with Gasteiger partial charge >= 0.3 is 6.03 Å². The highest BCUT2D eigenvalue weighted by molar-refractivity contribution is 5.92. The fourth-order valence-corrected chi connectivity index (χ4v) is 1.57. The van der Waals surface area contributed by atoms with Crippen LogP contribution in [0.2, 0.25) is 0 Å². The molecule has 0 saturated carbocycles. The molecule has 1 aromatic heterocycles. The Hall–Kier alpha value is -2.30. The van der Waals surface area contributed by atoms with Gasteiger partial charge in [-0.05, 0) is 31.5 Å². The number of hydrogen-bond donors (Lipinski definition) is 1. The fourth-order valence-electron chi connectivity index (χ4n) is 1.57. The summed E-state index contributed by atoms with van der Waals surface area (Å²) in [5, 5.41) is 2.78. The van der Waals surface area contributed by atoms with E-state index in [1.165, 1.54) is 10.9 Å². The van der Waals surface area contributed by atoms with E-state index in [-0.39, 0.29) is 6.03 Å². The molecule has 0 bridgehead atoms. The van der Waals surface area contributed by atoms with Gasteiger partial charge in [0.2, 0.25) is 0 Å². The Balaban J connectivity index is 2.20. The van der Waals surface area contributed by atoms with Gasteiger partial charge in [0.1, 0.15) is 12.1 Å². The smallest absolute Gasteiger partial charge is 0.331 e. The van der Waals surface area contributed by atoms with Gasteiger partial charge in [0.15, 0.2) is 0 Å². The molecule has 5 heteroatoms. The van der Waals surface area contributed by atoms with Crippen LogP contribution in [0.4, 0.5) is 10.5 Å². The molecule has 1 N–H and O–H groups in total. The maximum atomic E-state index is 11.9. The predicted molar refractivity (Wildman–Crippen MR) is 69.0 cm³/mol. The van der Waals surface area contributed by atoms with Crippen molar-refractivity contribution in [2.24, 2.45) is 0 Å². The van der Waals surface area contributed by atoms with E-state index in [0.717, 1.165) is 5.56 Å². The Morgan fingerprint density at radius 2 is 2.33 bits per heavy atom. The van der Waals surface area contributed by atoms with Crippen LogP contribution in [0, 0.1) is 6.92 Å². The molecular weight excluding hydrogens is 230 g/mol. The van der Waals surface area contributed by atoms with Crippen LogP contribution in [0.5, 0.6) is 5.75 Å². The molecule has 94 valence electrons. The molecule has 2 aromatic rings. The third kappa shape index (κ3) is 2.68. The summed E-state index contributed by atoms with van der Waals surface area (Å²) in [5.74, 6) is 0.672. The Kier molecular flexibility index (Phi) is 3.62. The van der Waals surface area contributed by atoms with Gasteiger partial charge in [0.25, 0.3) is 0 Å². The highest BCUT2D eigenvalue weighted by Crippen LogP contribution is 2.25. The molecule has 1 aromatic carbocycles. The first-order chi connectivity index (χ1) is 8.70. The van der Waals surface area contributed by atoms with Crippen molar-refractivity contribution in [2.45, 2.75) is 13.8 Å². The normalized spacial score (nSPS) is 10.1. The summed E-state index contributed by atoms with van der Waals surface area (Å²) in [5.41, 5.74) is 1.74. The molecule has 2 rings (SSSR count). The zero-order chi connectivity index (χ0) is 13.0. The number of nitrogens with zero attached hydrogens (tertiary/aromatic N) is 2. The Morgan fingerprint density at radius 1 is 1.50 bits per heavy atom. The summed E-state index contributed by atoms with van der Waals surface area (Å²) < 4.78 is 6.87. The van der Waals surface area contributed by atoms with Crippen molar-refractivity contribution < 1.29 is 9.53 Å². The molecule has 0 unspecified atom stereocenters. The highest BCUT2D eigenvalue weighted by atomic mass is 16.5. The van der Waals surface area contributed by atoms with Crippen LogP contribution in [0.1, 0.15) is 12.5 Å². The van der Waals surface area contributed by atoms with Gasteiger partial charge in [-0.1, -0.05) is 6.07 Å². The molecule has 0 aliphatic heterocycles. The van der Waals surface area contributed by atoms with Crippen molar-refractivity contribution in [3.8, 4) is 5.75 Å². The van der Waals surface area contributed by atoms with Crippen molar-refractivity contribution in [1.82, 2.24) is 9.55 Å². The SMILES string of the molecule is CCOc1cc(C)ccc1NC(=O)n1ccnc1. The van der Waals surface area contributed by atoms with Gasteiger partial charge in [-0.2, -0.15) is 0 Å². The molecule has 0 spiro atoms. The summed E-state index contributed by atoms with van der Waals surface area (Å²) in [7, 11) is 0. The molecule has 1 heterocycles. The molecule has 18 heavy (non-hydrogen) atoms. The second-order valence-electron chi connectivity index (χ2n) is 3.83. The largest absolute Gasteiger partial charge is 0.492 e. The summed E-state index contributed by atoms with van der Waals surface area (Å²) >= 11 is 0. The predicted octanol–water partition coefficient (Wildman–Crippen LogP) is 2.67. The molecule has 1 amide bonds. The monoisotopic (exact) mass is 245 g/mol. The lowest BCUT2D eigenvalue weighted by molar-refractivity contribution is 0.253. The number of aryl methyl sites for hydroxylation is 1. The first-order valence-corrected chi connectivity index (χ1v) is 5.73. The van der Waals surface area contributed by atoms with Gasteiger partial charge in [-0.15, -0.1) is 0 Å². The quantitative estimate of drug-likeness (QED) is 0.904. The number of anilines is 1. The highest BCUT2D eigenvalue weighted by Gasteiger charge is 2.09. The van der Waals surface area contributed by atoms with Gasteiger partial charge < -0.3 is 10.1 Å². The second kappa shape index (κ2) is 5.35. The molecule has 0 aliphatic rings. The summed E-state index contributed by atoms with van der Waals surface area (Å²) in [6, 6.07) is 5.38. The molecule has 0 fully saturated rings. The minimum absolute atomic E-state index is 0.266. The van der Waals surface area contributed by atoms with Gasteiger partial charge in [-0.25, -0.2) is 9.78 Å². The topological polar surface area (TPSA) is 56.1 Å². The molecule has 0 atom stereocenters. The number of nitrogens with one attached hydrogen (secondary N) is 1. The Labute approximate surface area is 105 Å². The summed E-state index contributed by atoms with van der Waals surface area (Å²) in [6.07, 6.45) is 4.59. The van der Waals surface area contributed by atoms with E-state index >= 15 is 0 Å². The van der Waals surface area contributed by atoms with E-state index in [9.17, 15) is 4.79 Å². The van der Waals surface area contributed by atoms with Crippen molar-refractivity contribution in [3.63, 3.8) is 0 Å². The number of carbonyl (C=O) groups excluding carboxylic acids is 1. The first-order valence-electron chi connectivity index (χ1n) is 5.73. The van der Waals surface area contributed by atoms with Crippen molar-refractivity contribution in [2.75, 3.05) is 11.9 Å². The van der Waals surface area contributed by atoms with Crippen LogP contribution in [0.3, 0.4) is 0 Å². The van der Waals surface area contributed by atoms with Crippen molar-refractivity contribution in [3.05, 3.63) is 42.5 Å². The number of amides is 1. The lowest BCUT2D eigenvalue weighted by Gasteiger charge is -2.12. The Morgan fingerprint density at radius 3 is 3.00 bits per heavy atom. The number of benzene rings is 1. The Bertz CT molecular complexity index is 535. The van der Waals surface area contributed by atoms with Crippen LogP contribution in [0.15, 0.2) is 36.9 Å². The van der Waals surface area contributed by atoms with Gasteiger partial charge in [0, 0.05) is 12.4 Å². The summed E-state index contributed by atoms with van der Waals surface area (Å²) in [4.78, 5) is 15.7. The van der Waals surface area contributed by atoms with E-state index in [1.54, 1.807) is 12.4 Å². The van der Waals surface area contributed by atoms with Crippen LogP contribution < -0.4 is 10.1 Å². The molecular formula is C13H15N3O2. The molecule has 0 saturated heterocycles. The molecule has 5 nitrogen and oxygen atoms in total. The van der Waals surface area contributed by atoms with E-state index < -0.39 is 0 Å². The zero-order valence-electron chi connectivity index (χ0n) is 10.4.